The van der Waals surface area contributed by atoms with Gasteiger partial charge < -0.3 is 14.5 Å². The zero-order chi connectivity index (χ0) is 19.4. The number of benzene rings is 1. The van der Waals surface area contributed by atoms with E-state index in [0.29, 0.717) is 22.6 Å². The van der Waals surface area contributed by atoms with Crippen molar-refractivity contribution in [2.45, 2.75) is 33.8 Å². The molecule has 2 aromatic rings. The molecule has 26 heavy (non-hydrogen) atoms. The number of aryl methyl sites for hydroxylation is 1. The SMILES string of the molecule is CC(=O)c1c(C)[nH]c(C(=O)COC(=O)[C@@H](C)Oc2ccc(F)cc2)c1C. The van der Waals surface area contributed by atoms with Crippen molar-refractivity contribution in [1.82, 2.24) is 4.98 Å². The van der Waals surface area contributed by atoms with Gasteiger partial charge in [0, 0.05) is 11.3 Å². The van der Waals surface area contributed by atoms with Crippen LogP contribution in [0.5, 0.6) is 5.75 Å². The van der Waals surface area contributed by atoms with Crippen LogP contribution in [0.4, 0.5) is 4.39 Å². The van der Waals surface area contributed by atoms with Gasteiger partial charge in [0.1, 0.15) is 11.6 Å². The van der Waals surface area contributed by atoms with E-state index >= 15 is 0 Å². The number of aromatic nitrogens is 1. The van der Waals surface area contributed by atoms with Gasteiger partial charge >= 0.3 is 5.97 Å². The molecule has 1 heterocycles. The fourth-order valence-electron chi connectivity index (χ4n) is 2.65. The molecule has 138 valence electrons. The van der Waals surface area contributed by atoms with E-state index in [1.807, 2.05) is 0 Å². The second-order valence-corrected chi connectivity index (χ2v) is 5.93. The minimum absolute atomic E-state index is 0.145. The van der Waals surface area contributed by atoms with E-state index in [2.05, 4.69) is 4.98 Å². The van der Waals surface area contributed by atoms with Crippen molar-refractivity contribution in [2.75, 3.05) is 6.61 Å². The number of esters is 1. The summed E-state index contributed by atoms with van der Waals surface area (Å²) in [6.07, 6.45) is -0.965. The molecule has 1 atom stereocenters. The number of nitrogens with one attached hydrogen (secondary N) is 1. The predicted molar refractivity (Wildman–Crippen MR) is 92.1 cm³/mol. The lowest BCUT2D eigenvalue weighted by atomic mass is 10.1. The summed E-state index contributed by atoms with van der Waals surface area (Å²) in [4.78, 5) is 38.7. The Morgan fingerprint density at radius 2 is 1.77 bits per heavy atom. The minimum atomic E-state index is -0.965. The molecule has 0 amide bonds. The highest BCUT2D eigenvalue weighted by molar-refractivity contribution is 6.04. The van der Waals surface area contributed by atoms with E-state index in [-0.39, 0.29) is 11.5 Å². The number of H-pyrrole nitrogens is 1. The molecular formula is C19H20FNO5. The van der Waals surface area contributed by atoms with E-state index < -0.39 is 30.3 Å². The number of hydrogen-bond donors (Lipinski definition) is 1. The Hall–Kier alpha value is -2.96. The van der Waals surface area contributed by atoms with Crippen molar-refractivity contribution in [3.8, 4) is 5.75 Å². The van der Waals surface area contributed by atoms with E-state index in [1.165, 1.54) is 38.1 Å². The van der Waals surface area contributed by atoms with Crippen molar-refractivity contribution in [2.24, 2.45) is 0 Å². The summed E-state index contributed by atoms with van der Waals surface area (Å²) in [5.41, 5.74) is 1.84. The standard InChI is InChI=1S/C19H20FNO5/c1-10-17(12(3)22)11(2)21-18(10)16(23)9-25-19(24)13(4)26-15-7-5-14(20)6-8-15/h5-8,13,21H,9H2,1-4H3/t13-/m1/s1. The minimum Gasteiger partial charge on any atom is -0.479 e. The number of carbonyl (C=O) groups excluding carboxylic acids is 3. The zero-order valence-electron chi connectivity index (χ0n) is 15.0. The summed E-state index contributed by atoms with van der Waals surface area (Å²) in [7, 11) is 0. The third-order valence-corrected chi connectivity index (χ3v) is 3.87. The smallest absolute Gasteiger partial charge is 0.347 e. The van der Waals surface area contributed by atoms with Gasteiger partial charge in [-0.1, -0.05) is 0 Å². The number of ketones is 2. The Morgan fingerprint density at radius 1 is 1.15 bits per heavy atom. The third kappa shape index (κ3) is 4.36. The van der Waals surface area contributed by atoms with Crippen LogP contribution in [0.3, 0.4) is 0 Å². The van der Waals surface area contributed by atoms with Gasteiger partial charge in [-0.05, 0) is 57.5 Å². The molecule has 1 aromatic heterocycles. The molecule has 2 rings (SSSR count). The number of rotatable bonds is 7. The fourth-order valence-corrected chi connectivity index (χ4v) is 2.65. The molecule has 6 nitrogen and oxygen atoms in total. The van der Waals surface area contributed by atoms with Crippen LogP contribution in [-0.4, -0.2) is 35.2 Å². The van der Waals surface area contributed by atoms with Gasteiger partial charge in [-0.25, -0.2) is 9.18 Å². The Balaban J connectivity index is 1.96. The summed E-state index contributed by atoms with van der Waals surface area (Å²) in [5.74, 6) is -1.42. The highest BCUT2D eigenvalue weighted by Crippen LogP contribution is 2.19. The maximum Gasteiger partial charge on any atom is 0.347 e. The maximum absolute atomic E-state index is 12.9. The first-order chi connectivity index (χ1) is 12.2. The number of carbonyl (C=O) groups is 3. The Morgan fingerprint density at radius 3 is 2.31 bits per heavy atom. The van der Waals surface area contributed by atoms with Crippen LogP contribution in [0, 0.1) is 19.7 Å². The van der Waals surface area contributed by atoms with Crippen LogP contribution in [-0.2, 0) is 9.53 Å². The molecule has 0 saturated heterocycles. The lowest BCUT2D eigenvalue weighted by Gasteiger charge is -2.13. The van der Waals surface area contributed by atoms with Crippen molar-refractivity contribution in [3.05, 3.63) is 52.6 Å². The van der Waals surface area contributed by atoms with Crippen LogP contribution >= 0.6 is 0 Å². The number of halogens is 1. The van der Waals surface area contributed by atoms with E-state index in [4.69, 9.17) is 9.47 Å². The van der Waals surface area contributed by atoms with Crippen molar-refractivity contribution in [1.29, 1.82) is 0 Å². The van der Waals surface area contributed by atoms with Gasteiger partial charge in [-0.3, -0.25) is 9.59 Å². The Labute approximate surface area is 150 Å². The third-order valence-electron chi connectivity index (χ3n) is 3.87. The number of hydrogen-bond acceptors (Lipinski definition) is 5. The summed E-state index contributed by atoms with van der Waals surface area (Å²) < 4.78 is 23.2. The average molecular weight is 361 g/mol. The normalized spacial score (nSPS) is 11.7. The largest absolute Gasteiger partial charge is 0.479 e. The van der Waals surface area contributed by atoms with Crippen LogP contribution in [0.15, 0.2) is 24.3 Å². The molecule has 7 heteroatoms. The predicted octanol–water partition coefficient (Wildman–Crippen LogP) is 3.17. The molecule has 0 aliphatic heterocycles. The zero-order valence-corrected chi connectivity index (χ0v) is 15.0. The molecule has 0 unspecified atom stereocenters. The first-order valence-electron chi connectivity index (χ1n) is 8.02. The monoisotopic (exact) mass is 361 g/mol. The van der Waals surface area contributed by atoms with Crippen molar-refractivity contribution in [3.63, 3.8) is 0 Å². The highest BCUT2D eigenvalue weighted by atomic mass is 19.1. The van der Waals surface area contributed by atoms with Crippen LogP contribution < -0.4 is 4.74 Å². The van der Waals surface area contributed by atoms with Gasteiger partial charge in [0.2, 0.25) is 5.78 Å². The molecule has 1 aromatic carbocycles. The maximum atomic E-state index is 12.9. The van der Waals surface area contributed by atoms with E-state index in [0.717, 1.165) is 0 Å². The molecule has 1 N–H and O–H groups in total. The van der Waals surface area contributed by atoms with Gasteiger partial charge in [-0.2, -0.15) is 0 Å². The second-order valence-electron chi connectivity index (χ2n) is 5.93. The Bertz CT molecular complexity index is 838. The average Bonchev–Trinajstić information content (AvgIpc) is 2.89. The number of Topliss-reactive ketones (excluding diaryl/α,β-unsaturated/α-hetero) is 2. The van der Waals surface area contributed by atoms with E-state index in [1.54, 1.807) is 13.8 Å². The molecular weight excluding hydrogens is 341 g/mol. The molecule has 0 saturated carbocycles. The van der Waals surface area contributed by atoms with Crippen LogP contribution in [0.2, 0.25) is 0 Å². The molecule has 0 radical (unpaired) electrons. The van der Waals surface area contributed by atoms with Crippen molar-refractivity contribution < 1.29 is 28.2 Å². The lowest BCUT2D eigenvalue weighted by molar-refractivity contribution is -0.149. The summed E-state index contributed by atoms with van der Waals surface area (Å²) >= 11 is 0. The number of ether oxygens (including phenoxy) is 2. The van der Waals surface area contributed by atoms with Crippen molar-refractivity contribution >= 4 is 17.5 Å². The topological polar surface area (TPSA) is 85.5 Å². The summed E-state index contributed by atoms with van der Waals surface area (Å²) in [6.45, 7) is 5.77. The highest BCUT2D eigenvalue weighted by Gasteiger charge is 2.22. The second kappa shape index (κ2) is 7.95. The molecule has 0 spiro atoms. The first-order valence-corrected chi connectivity index (χ1v) is 8.02. The molecule has 0 aliphatic rings. The first kappa shape index (κ1) is 19.4. The van der Waals surface area contributed by atoms with Gasteiger partial charge in [0.05, 0.1) is 5.69 Å². The number of aromatic amines is 1. The van der Waals surface area contributed by atoms with Crippen LogP contribution in [0.25, 0.3) is 0 Å². The molecule has 0 fully saturated rings. The van der Waals surface area contributed by atoms with Crippen LogP contribution in [0.1, 0.15) is 46.0 Å². The van der Waals surface area contributed by atoms with E-state index in [9.17, 15) is 18.8 Å². The summed E-state index contributed by atoms with van der Waals surface area (Å²) in [5, 5.41) is 0. The van der Waals surface area contributed by atoms with Gasteiger partial charge in [-0.15, -0.1) is 0 Å². The molecule has 0 bridgehead atoms. The molecule has 0 aliphatic carbocycles. The lowest BCUT2D eigenvalue weighted by Crippen LogP contribution is -2.28. The van der Waals surface area contributed by atoms with Gasteiger partial charge in [0.25, 0.3) is 0 Å². The quantitative estimate of drug-likeness (QED) is 0.605. The Kier molecular flexibility index (Phi) is 5.92. The summed E-state index contributed by atoms with van der Waals surface area (Å²) in [6, 6.07) is 5.19. The fraction of sp³-hybridized carbons (Fsp3) is 0.316. The van der Waals surface area contributed by atoms with Gasteiger partial charge in [0.15, 0.2) is 18.5 Å².